The molecule has 1 atom stereocenters. The van der Waals surface area contributed by atoms with E-state index in [0.29, 0.717) is 31.3 Å². The molecule has 1 fully saturated rings. The van der Waals surface area contributed by atoms with Crippen molar-refractivity contribution in [3.8, 4) is 0 Å². The Kier molecular flexibility index (Phi) is 12.1. The van der Waals surface area contributed by atoms with Gasteiger partial charge in [0.15, 0.2) is 0 Å². The standard InChI is InChI=1S/C32H39ClN4O5S/c1-43(40,41)36(23-27-10-6-3-7-11-27)25-31(38)37(24-28-12-14-29(33)15-13-28)30(22-26-8-4-2-5-9-26)32(39)34-16-17-35-18-20-42-21-19-35/h2-15,30H,16-25H2,1H3,(H,34,39)/t30-/m1/s1. The second-order valence-corrected chi connectivity index (χ2v) is 13.0. The maximum atomic E-state index is 14.1. The maximum absolute atomic E-state index is 14.1. The molecule has 0 unspecified atom stereocenters. The van der Waals surface area contributed by atoms with E-state index in [1.165, 1.54) is 4.90 Å². The summed E-state index contributed by atoms with van der Waals surface area (Å²) < 4.78 is 32.2. The van der Waals surface area contributed by atoms with E-state index < -0.39 is 28.5 Å². The van der Waals surface area contributed by atoms with E-state index in [2.05, 4.69) is 10.2 Å². The highest BCUT2D eigenvalue weighted by molar-refractivity contribution is 7.88. The van der Waals surface area contributed by atoms with Crippen LogP contribution in [0.3, 0.4) is 0 Å². The number of nitrogens with one attached hydrogen (secondary N) is 1. The molecule has 0 aromatic heterocycles. The largest absolute Gasteiger partial charge is 0.379 e. The molecule has 0 bridgehead atoms. The predicted molar refractivity (Wildman–Crippen MR) is 168 cm³/mol. The Morgan fingerprint density at radius 1 is 0.884 bits per heavy atom. The maximum Gasteiger partial charge on any atom is 0.243 e. The van der Waals surface area contributed by atoms with Crippen LogP contribution < -0.4 is 5.32 Å². The molecule has 0 aliphatic carbocycles. The van der Waals surface area contributed by atoms with Crippen LogP contribution in [0.4, 0.5) is 0 Å². The third-order valence-corrected chi connectivity index (χ3v) is 8.80. The van der Waals surface area contributed by atoms with Crippen molar-refractivity contribution in [1.29, 1.82) is 0 Å². The zero-order valence-corrected chi connectivity index (χ0v) is 26.0. The van der Waals surface area contributed by atoms with E-state index >= 15 is 0 Å². The van der Waals surface area contributed by atoms with E-state index in [4.69, 9.17) is 16.3 Å². The molecule has 1 aliphatic heterocycles. The van der Waals surface area contributed by atoms with Crippen LogP contribution in [0.1, 0.15) is 16.7 Å². The van der Waals surface area contributed by atoms with Gasteiger partial charge >= 0.3 is 0 Å². The number of carbonyl (C=O) groups is 2. The van der Waals surface area contributed by atoms with Gasteiger partial charge in [0, 0.05) is 50.7 Å². The molecule has 1 aliphatic rings. The van der Waals surface area contributed by atoms with Gasteiger partial charge in [-0.15, -0.1) is 0 Å². The molecule has 9 nitrogen and oxygen atoms in total. The Morgan fingerprint density at radius 2 is 1.47 bits per heavy atom. The number of hydrogen-bond donors (Lipinski definition) is 1. The van der Waals surface area contributed by atoms with E-state index in [0.717, 1.165) is 40.3 Å². The van der Waals surface area contributed by atoms with Gasteiger partial charge < -0.3 is 15.0 Å². The monoisotopic (exact) mass is 626 g/mol. The normalized spacial score (nSPS) is 14.8. The second kappa shape index (κ2) is 16.0. The lowest BCUT2D eigenvalue weighted by molar-refractivity contribution is -0.141. The Bertz CT molecular complexity index is 1420. The fourth-order valence-electron chi connectivity index (χ4n) is 4.94. The lowest BCUT2D eigenvalue weighted by Gasteiger charge is -2.33. The van der Waals surface area contributed by atoms with E-state index in [1.54, 1.807) is 24.3 Å². The number of nitrogens with zero attached hydrogens (tertiary/aromatic N) is 3. The van der Waals surface area contributed by atoms with Gasteiger partial charge in [-0.1, -0.05) is 84.4 Å². The van der Waals surface area contributed by atoms with E-state index in [1.807, 2.05) is 60.7 Å². The van der Waals surface area contributed by atoms with Crippen molar-refractivity contribution in [3.05, 3.63) is 107 Å². The first-order valence-electron chi connectivity index (χ1n) is 14.3. The first-order valence-corrected chi connectivity index (χ1v) is 16.6. The van der Waals surface area contributed by atoms with Crippen molar-refractivity contribution in [2.45, 2.75) is 25.6 Å². The topological polar surface area (TPSA) is 99.3 Å². The summed E-state index contributed by atoms with van der Waals surface area (Å²) in [5.41, 5.74) is 2.41. The third-order valence-electron chi connectivity index (χ3n) is 7.35. The molecule has 0 saturated carbocycles. The molecular formula is C32H39ClN4O5S. The summed E-state index contributed by atoms with van der Waals surface area (Å²) in [6.45, 7) is 3.73. The Labute approximate surface area is 259 Å². The lowest BCUT2D eigenvalue weighted by atomic mass is 10.0. The molecule has 3 aromatic rings. The molecule has 0 radical (unpaired) electrons. The first kappa shape index (κ1) is 32.6. The lowest BCUT2D eigenvalue weighted by Crippen LogP contribution is -2.54. The molecule has 4 rings (SSSR count). The summed E-state index contributed by atoms with van der Waals surface area (Å²) in [7, 11) is -3.75. The number of amides is 2. The number of rotatable bonds is 14. The van der Waals surface area contributed by atoms with Gasteiger partial charge in [0.2, 0.25) is 21.8 Å². The number of hydrogen-bond acceptors (Lipinski definition) is 6. The highest BCUT2D eigenvalue weighted by Crippen LogP contribution is 2.18. The smallest absolute Gasteiger partial charge is 0.243 e. The summed E-state index contributed by atoms with van der Waals surface area (Å²) >= 11 is 6.12. The van der Waals surface area contributed by atoms with Crippen LogP contribution in [0, 0.1) is 0 Å². The molecular weight excluding hydrogens is 588 g/mol. The Morgan fingerprint density at radius 3 is 2.07 bits per heavy atom. The summed E-state index contributed by atoms with van der Waals surface area (Å²) in [5.74, 6) is -0.769. The number of carbonyl (C=O) groups excluding carboxylic acids is 2. The Balaban J connectivity index is 1.61. The van der Waals surface area contributed by atoms with E-state index in [9.17, 15) is 18.0 Å². The molecule has 1 N–H and O–H groups in total. The summed E-state index contributed by atoms with van der Waals surface area (Å²) in [4.78, 5) is 31.7. The van der Waals surface area contributed by atoms with E-state index in [-0.39, 0.29) is 25.4 Å². The van der Waals surface area contributed by atoms with Gasteiger partial charge in [-0.25, -0.2) is 8.42 Å². The minimum Gasteiger partial charge on any atom is -0.379 e. The quantitative estimate of drug-likeness (QED) is 0.295. The van der Waals surface area contributed by atoms with Crippen LogP contribution >= 0.6 is 11.6 Å². The average Bonchev–Trinajstić information content (AvgIpc) is 3.00. The number of ether oxygens (including phenoxy) is 1. The van der Waals surface area contributed by atoms with Crippen molar-refractivity contribution < 1.29 is 22.7 Å². The Hall–Kier alpha value is -3.28. The summed E-state index contributed by atoms with van der Waals surface area (Å²) in [6, 6.07) is 24.8. The van der Waals surface area contributed by atoms with Crippen LogP contribution in [0.5, 0.6) is 0 Å². The fraction of sp³-hybridized carbons (Fsp3) is 0.375. The van der Waals surface area contributed by atoms with Crippen molar-refractivity contribution >= 4 is 33.4 Å². The number of sulfonamides is 1. The van der Waals surface area contributed by atoms with Crippen LogP contribution in [0.15, 0.2) is 84.9 Å². The van der Waals surface area contributed by atoms with Gasteiger partial charge in [-0.2, -0.15) is 4.31 Å². The second-order valence-electron chi connectivity index (χ2n) is 10.6. The van der Waals surface area contributed by atoms with Crippen LogP contribution in [-0.4, -0.2) is 92.6 Å². The number of morpholine rings is 1. The van der Waals surface area contributed by atoms with Crippen molar-refractivity contribution in [3.63, 3.8) is 0 Å². The van der Waals surface area contributed by atoms with Gasteiger partial charge in [-0.3, -0.25) is 14.5 Å². The molecule has 43 heavy (non-hydrogen) atoms. The molecule has 3 aromatic carbocycles. The average molecular weight is 627 g/mol. The summed E-state index contributed by atoms with van der Waals surface area (Å²) in [6.07, 6.45) is 1.35. The first-order chi connectivity index (χ1) is 20.7. The minimum atomic E-state index is -3.75. The number of benzene rings is 3. The van der Waals surface area contributed by atoms with Crippen LogP contribution in [-0.2, 0) is 43.9 Å². The van der Waals surface area contributed by atoms with Crippen LogP contribution in [0.2, 0.25) is 5.02 Å². The SMILES string of the molecule is CS(=O)(=O)N(CC(=O)N(Cc1ccc(Cl)cc1)[C@H](Cc1ccccc1)C(=O)NCCN1CCOCC1)Cc1ccccc1. The predicted octanol–water partition coefficient (Wildman–Crippen LogP) is 3.19. The molecule has 11 heteroatoms. The molecule has 1 heterocycles. The van der Waals surface area contributed by atoms with Crippen molar-refractivity contribution in [2.75, 3.05) is 52.2 Å². The zero-order valence-electron chi connectivity index (χ0n) is 24.4. The van der Waals surface area contributed by atoms with Gasteiger partial charge in [-0.05, 0) is 28.8 Å². The van der Waals surface area contributed by atoms with Gasteiger partial charge in [0.05, 0.1) is 26.0 Å². The fourth-order valence-corrected chi connectivity index (χ4v) is 5.79. The third kappa shape index (κ3) is 10.4. The molecule has 0 spiro atoms. The number of halogens is 1. The minimum absolute atomic E-state index is 0.0370. The van der Waals surface area contributed by atoms with Crippen molar-refractivity contribution in [1.82, 2.24) is 19.4 Å². The molecule has 1 saturated heterocycles. The molecule has 230 valence electrons. The summed E-state index contributed by atoms with van der Waals surface area (Å²) in [5, 5.41) is 3.59. The van der Waals surface area contributed by atoms with Crippen LogP contribution in [0.25, 0.3) is 0 Å². The van der Waals surface area contributed by atoms with Gasteiger partial charge in [0.25, 0.3) is 0 Å². The highest BCUT2D eigenvalue weighted by atomic mass is 35.5. The molecule has 2 amide bonds. The van der Waals surface area contributed by atoms with Gasteiger partial charge in [0.1, 0.15) is 6.04 Å². The zero-order chi connectivity index (χ0) is 30.7. The highest BCUT2D eigenvalue weighted by Gasteiger charge is 2.33. The van der Waals surface area contributed by atoms with Crippen molar-refractivity contribution in [2.24, 2.45) is 0 Å².